The van der Waals surface area contributed by atoms with E-state index in [1.54, 1.807) is 0 Å². The molecule has 0 aromatic rings. The molecule has 0 spiro atoms. The first-order valence-electron chi connectivity index (χ1n) is 5.67. The standard InChI is InChI=1S/C13H26/c1-10(2)8-9-13(7)11(3,4)12(13,5)6/h10H,8-9H2,1-7H3. The Bertz CT molecular complexity index is 182. The SMILES string of the molecule is CC(C)CCC1(C)C(C)(C)C1(C)C. The van der Waals surface area contributed by atoms with Gasteiger partial charge in [0.15, 0.2) is 0 Å². The molecule has 13 heavy (non-hydrogen) atoms. The lowest BCUT2D eigenvalue weighted by molar-refractivity contribution is 0.339. The number of rotatable bonds is 3. The van der Waals surface area contributed by atoms with E-state index in [2.05, 4.69) is 48.5 Å². The van der Waals surface area contributed by atoms with Crippen LogP contribution >= 0.6 is 0 Å². The predicted octanol–water partition coefficient (Wildman–Crippen LogP) is 4.49. The van der Waals surface area contributed by atoms with Gasteiger partial charge in [-0.05, 0) is 28.6 Å². The van der Waals surface area contributed by atoms with Crippen LogP contribution in [-0.4, -0.2) is 0 Å². The van der Waals surface area contributed by atoms with Crippen molar-refractivity contribution in [2.45, 2.75) is 61.3 Å². The fourth-order valence-corrected chi connectivity index (χ4v) is 2.91. The Hall–Kier alpha value is 0. The summed E-state index contributed by atoms with van der Waals surface area (Å²) in [6.07, 6.45) is 2.77. The first-order chi connectivity index (χ1) is 5.67. The zero-order chi connectivity index (χ0) is 10.5. The first kappa shape index (κ1) is 11.1. The van der Waals surface area contributed by atoms with Gasteiger partial charge in [-0.15, -0.1) is 0 Å². The summed E-state index contributed by atoms with van der Waals surface area (Å²) in [4.78, 5) is 0. The van der Waals surface area contributed by atoms with Gasteiger partial charge in [-0.1, -0.05) is 54.9 Å². The smallest absolute Gasteiger partial charge is 0.0213 e. The molecule has 0 aromatic heterocycles. The maximum absolute atomic E-state index is 2.47. The third kappa shape index (κ3) is 1.25. The molecule has 78 valence electrons. The van der Waals surface area contributed by atoms with Crippen LogP contribution in [0.1, 0.15) is 61.3 Å². The van der Waals surface area contributed by atoms with E-state index < -0.39 is 0 Å². The van der Waals surface area contributed by atoms with Gasteiger partial charge >= 0.3 is 0 Å². The Morgan fingerprint density at radius 1 is 0.846 bits per heavy atom. The Morgan fingerprint density at radius 2 is 1.23 bits per heavy atom. The van der Waals surface area contributed by atoms with Gasteiger partial charge in [0.2, 0.25) is 0 Å². The Morgan fingerprint density at radius 3 is 1.46 bits per heavy atom. The normalized spacial score (nSPS) is 27.7. The second-order valence-corrected chi connectivity index (χ2v) is 6.51. The van der Waals surface area contributed by atoms with Crippen molar-refractivity contribution in [2.75, 3.05) is 0 Å². The average molecular weight is 182 g/mol. The summed E-state index contributed by atoms with van der Waals surface area (Å²) in [5, 5.41) is 0. The monoisotopic (exact) mass is 182 g/mol. The molecule has 0 bridgehead atoms. The highest BCUT2D eigenvalue weighted by molar-refractivity contribution is 5.20. The molecule has 0 atom stereocenters. The molecule has 1 aliphatic rings. The largest absolute Gasteiger partial charge is 0.0628 e. The van der Waals surface area contributed by atoms with E-state index in [4.69, 9.17) is 0 Å². The molecule has 0 amide bonds. The molecule has 0 saturated heterocycles. The molecule has 0 aromatic carbocycles. The number of hydrogen-bond donors (Lipinski definition) is 0. The van der Waals surface area contributed by atoms with Crippen molar-refractivity contribution in [3.05, 3.63) is 0 Å². The first-order valence-corrected chi connectivity index (χ1v) is 5.67. The third-order valence-corrected chi connectivity index (χ3v) is 5.48. The topological polar surface area (TPSA) is 0 Å². The van der Waals surface area contributed by atoms with Crippen molar-refractivity contribution in [3.63, 3.8) is 0 Å². The summed E-state index contributed by atoms with van der Waals surface area (Å²) < 4.78 is 0. The van der Waals surface area contributed by atoms with Gasteiger partial charge in [0.1, 0.15) is 0 Å². The van der Waals surface area contributed by atoms with Crippen LogP contribution in [0.3, 0.4) is 0 Å². The second-order valence-electron chi connectivity index (χ2n) is 6.51. The summed E-state index contributed by atoms with van der Waals surface area (Å²) in [6.45, 7) is 16.8. The van der Waals surface area contributed by atoms with Gasteiger partial charge in [-0.2, -0.15) is 0 Å². The molecule has 0 N–H and O–H groups in total. The van der Waals surface area contributed by atoms with Crippen LogP contribution in [0, 0.1) is 22.2 Å². The Kier molecular flexibility index (Phi) is 2.34. The van der Waals surface area contributed by atoms with E-state index in [1.165, 1.54) is 12.8 Å². The van der Waals surface area contributed by atoms with Crippen molar-refractivity contribution >= 4 is 0 Å². The fourth-order valence-electron chi connectivity index (χ4n) is 2.91. The van der Waals surface area contributed by atoms with Crippen LogP contribution < -0.4 is 0 Å². The Balaban J connectivity index is 2.61. The zero-order valence-electron chi connectivity index (χ0n) is 10.5. The maximum atomic E-state index is 2.47. The molecule has 0 unspecified atom stereocenters. The molecule has 1 aliphatic carbocycles. The minimum Gasteiger partial charge on any atom is -0.0628 e. The highest BCUT2D eigenvalue weighted by atomic mass is 14.8. The van der Waals surface area contributed by atoms with Gasteiger partial charge in [-0.25, -0.2) is 0 Å². The van der Waals surface area contributed by atoms with Crippen molar-refractivity contribution < 1.29 is 0 Å². The van der Waals surface area contributed by atoms with Crippen LogP contribution in [-0.2, 0) is 0 Å². The minimum atomic E-state index is 0.537. The van der Waals surface area contributed by atoms with Gasteiger partial charge in [-0.3, -0.25) is 0 Å². The highest BCUT2D eigenvalue weighted by Crippen LogP contribution is 2.79. The lowest BCUT2D eigenvalue weighted by Gasteiger charge is -2.16. The molecular weight excluding hydrogens is 156 g/mol. The molecule has 0 heterocycles. The van der Waals surface area contributed by atoms with Crippen molar-refractivity contribution in [1.29, 1.82) is 0 Å². The van der Waals surface area contributed by atoms with Crippen LogP contribution in [0.4, 0.5) is 0 Å². The van der Waals surface area contributed by atoms with Crippen molar-refractivity contribution in [3.8, 4) is 0 Å². The lowest BCUT2D eigenvalue weighted by atomic mass is 9.89. The molecule has 1 fully saturated rings. The molecule has 0 heteroatoms. The van der Waals surface area contributed by atoms with E-state index in [-0.39, 0.29) is 0 Å². The second kappa shape index (κ2) is 2.74. The molecule has 1 rings (SSSR count). The maximum Gasteiger partial charge on any atom is -0.0213 e. The van der Waals surface area contributed by atoms with Crippen molar-refractivity contribution in [2.24, 2.45) is 22.2 Å². The predicted molar refractivity (Wildman–Crippen MR) is 59.7 cm³/mol. The van der Waals surface area contributed by atoms with Crippen LogP contribution in [0.2, 0.25) is 0 Å². The van der Waals surface area contributed by atoms with Crippen LogP contribution in [0.15, 0.2) is 0 Å². The highest BCUT2D eigenvalue weighted by Gasteiger charge is 2.72. The average Bonchev–Trinajstić information content (AvgIpc) is 2.26. The third-order valence-electron chi connectivity index (χ3n) is 5.48. The van der Waals surface area contributed by atoms with Crippen LogP contribution in [0.5, 0.6) is 0 Å². The van der Waals surface area contributed by atoms with E-state index in [9.17, 15) is 0 Å². The molecule has 0 aliphatic heterocycles. The minimum absolute atomic E-state index is 0.537. The molecule has 1 saturated carbocycles. The van der Waals surface area contributed by atoms with Crippen molar-refractivity contribution in [1.82, 2.24) is 0 Å². The van der Waals surface area contributed by atoms with Gasteiger partial charge < -0.3 is 0 Å². The van der Waals surface area contributed by atoms with Gasteiger partial charge in [0, 0.05) is 0 Å². The van der Waals surface area contributed by atoms with E-state index in [0.717, 1.165) is 5.92 Å². The van der Waals surface area contributed by atoms with Gasteiger partial charge in [0.25, 0.3) is 0 Å². The summed E-state index contributed by atoms with van der Waals surface area (Å²) >= 11 is 0. The van der Waals surface area contributed by atoms with E-state index in [0.29, 0.717) is 16.2 Å². The van der Waals surface area contributed by atoms with E-state index >= 15 is 0 Å². The zero-order valence-corrected chi connectivity index (χ0v) is 10.5. The Labute approximate surface area is 84.1 Å². The summed E-state index contributed by atoms with van der Waals surface area (Å²) in [7, 11) is 0. The summed E-state index contributed by atoms with van der Waals surface area (Å²) in [5.41, 5.74) is 1.65. The fraction of sp³-hybridized carbons (Fsp3) is 1.00. The number of hydrogen-bond acceptors (Lipinski definition) is 0. The summed E-state index contributed by atoms with van der Waals surface area (Å²) in [6, 6.07) is 0. The lowest BCUT2D eigenvalue weighted by Crippen LogP contribution is -2.06. The quantitative estimate of drug-likeness (QED) is 0.603. The van der Waals surface area contributed by atoms with E-state index in [1.807, 2.05) is 0 Å². The van der Waals surface area contributed by atoms with Crippen LogP contribution in [0.25, 0.3) is 0 Å². The molecule has 0 nitrogen and oxygen atoms in total. The van der Waals surface area contributed by atoms with Gasteiger partial charge in [0.05, 0.1) is 0 Å². The molecular formula is C13H26. The molecule has 0 radical (unpaired) electrons. The summed E-state index contributed by atoms with van der Waals surface area (Å²) in [5.74, 6) is 0.851.